The van der Waals surface area contributed by atoms with Crippen LogP contribution in [0.5, 0.6) is 0 Å². The monoisotopic (exact) mass is 459 g/mol. The third kappa shape index (κ3) is 4.71. The molecule has 0 bridgehead atoms. The van der Waals surface area contributed by atoms with Gasteiger partial charge in [0, 0.05) is 25.4 Å². The molecule has 0 atom stereocenters. The van der Waals surface area contributed by atoms with E-state index in [2.05, 4.69) is 56.1 Å². The van der Waals surface area contributed by atoms with Crippen LogP contribution in [0, 0.1) is 0 Å². The lowest BCUT2D eigenvalue weighted by molar-refractivity contribution is 0.379. The predicted octanol–water partition coefficient (Wildman–Crippen LogP) is 1.99. The molecule has 3 rings (SSSR count). The maximum Gasteiger partial charge on any atom is 0.213 e. The Kier molecular flexibility index (Phi) is 6.42. The zero-order valence-electron chi connectivity index (χ0n) is 15.2. The lowest BCUT2D eigenvalue weighted by Crippen LogP contribution is -2.37. The van der Waals surface area contributed by atoms with Crippen LogP contribution < -0.4 is 10.6 Å². The van der Waals surface area contributed by atoms with E-state index < -0.39 is 0 Å². The number of rotatable bonds is 4. The summed E-state index contributed by atoms with van der Waals surface area (Å²) in [6, 6.07) is 0. The van der Waals surface area contributed by atoms with Crippen molar-refractivity contribution in [1.29, 1.82) is 0 Å². The minimum atomic E-state index is -0.0424. The normalized spacial score (nSPS) is 14.2. The molecule has 1 aliphatic heterocycles. The van der Waals surface area contributed by atoms with Gasteiger partial charge < -0.3 is 19.6 Å². The molecule has 0 amide bonds. The van der Waals surface area contributed by atoms with Crippen molar-refractivity contribution in [3.8, 4) is 0 Å². The number of hydrogen-bond donors (Lipinski definition) is 2. The van der Waals surface area contributed by atoms with Crippen molar-refractivity contribution >= 4 is 29.9 Å². The first-order valence-corrected chi connectivity index (χ1v) is 8.28. The Morgan fingerprint density at radius 1 is 1.28 bits per heavy atom. The second kappa shape index (κ2) is 8.15. The lowest BCUT2D eigenvalue weighted by atomic mass is 9.94. The van der Waals surface area contributed by atoms with Gasteiger partial charge in [0.2, 0.25) is 5.89 Å². The predicted molar refractivity (Wildman–Crippen MR) is 106 cm³/mol. The fourth-order valence-electron chi connectivity index (χ4n) is 2.62. The van der Waals surface area contributed by atoms with Gasteiger partial charge in [-0.2, -0.15) is 0 Å². The van der Waals surface area contributed by atoms with E-state index in [1.54, 1.807) is 13.2 Å². The Hall–Kier alpha value is -1.65. The van der Waals surface area contributed by atoms with Crippen molar-refractivity contribution in [2.75, 3.05) is 7.05 Å². The first-order chi connectivity index (χ1) is 11.5. The summed E-state index contributed by atoms with van der Waals surface area (Å²) in [5, 5.41) is 14.9. The van der Waals surface area contributed by atoms with Gasteiger partial charge in [-0.05, 0) is 6.42 Å². The molecule has 0 aromatic carbocycles. The quantitative estimate of drug-likeness (QED) is 0.413. The summed E-state index contributed by atoms with van der Waals surface area (Å²) in [5.41, 5.74) is -0.0424. The summed E-state index contributed by atoms with van der Waals surface area (Å²) in [6.45, 7) is 8.36. The van der Waals surface area contributed by atoms with Gasteiger partial charge in [-0.25, -0.2) is 4.98 Å². The van der Waals surface area contributed by atoms with Crippen LogP contribution in [0.1, 0.15) is 50.5 Å². The molecule has 9 heteroatoms. The molecular weight excluding hydrogens is 433 g/mol. The Labute approximate surface area is 164 Å². The van der Waals surface area contributed by atoms with Gasteiger partial charge in [0.15, 0.2) is 11.8 Å². The summed E-state index contributed by atoms with van der Waals surface area (Å²) in [5.74, 6) is 4.22. The van der Waals surface area contributed by atoms with Gasteiger partial charge in [0.25, 0.3) is 0 Å². The number of hydrogen-bond acceptors (Lipinski definition) is 5. The molecule has 0 unspecified atom stereocenters. The van der Waals surface area contributed by atoms with E-state index in [-0.39, 0.29) is 29.4 Å². The van der Waals surface area contributed by atoms with E-state index in [0.29, 0.717) is 24.9 Å². The van der Waals surface area contributed by atoms with Crippen molar-refractivity contribution in [2.24, 2.45) is 4.99 Å². The minimum Gasteiger partial charge on any atom is -0.443 e. The summed E-state index contributed by atoms with van der Waals surface area (Å²) in [4.78, 5) is 8.53. The zero-order chi connectivity index (χ0) is 17.2. The SMILES string of the molecule is CN=C(NCc1ncc(C(C)(C)C)o1)NCc1nnc2n1CCC2.I. The largest absolute Gasteiger partial charge is 0.443 e. The average molecular weight is 459 g/mol. The van der Waals surface area contributed by atoms with Gasteiger partial charge >= 0.3 is 0 Å². The van der Waals surface area contributed by atoms with Crippen LogP contribution in [-0.2, 0) is 31.5 Å². The van der Waals surface area contributed by atoms with Gasteiger partial charge in [0.05, 0.1) is 19.3 Å². The average Bonchev–Trinajstić information content (AvgIpc) is 3.24. The minimum absolute atomic E-state index is 0. The van der Waals surface area contributed by atoms with Crippen LogP contribution in [0.4, 0.5) is 0 Å². The van der Waals surface area contributed by atoms with Crippen molar-refractivity contribution in [2.45, 2.75) is 58.7 Å². The molecular formula is C16H26IN7O. The molecule has 2 N–H and O–H groups in total. The molecule has 25 heavy (non-hydrogen) atoms. The first-order valence-electron chi connectivity index (χ1n) is 8.28. The Balaban J connectivity index is 0.00000225. The Morgan fingerprint density at radius 3 is 2.72 bits per heavy atom. The van der Waals surface area contributed by atoms with Gasteiger partial charge in [-0.1, -0.05) is 20.8 Å². The van der Waals surface area contributed by atoms with E-state index in [1.807, 2.05) is 0 Å². The van der Waals surface area contributed by atoms with E-state index in [4.69, 9.17) is 4.42 Å². The molecule has 0 fully saturated rings. The van der Waals surface area contributed by atoms with Crippen molar-refractivity contribution in [3.63, 3.8) is 0 Å². The molecule has 1 aliphatic rings. The van der Waals surface area contributed by atoms with Crippen LogP contribution >= 0.6 is 24.0 Å². The molecule has 0 spiro atoms. The number of nitrogens with one attached hydrogen (secondary N) is 2. The summed E-state index contributed by atoms with van der Waals surface area (Å²) < 4.78 is 7.94. The number of aliphatic imine (C=N–C) groups is 1. The molecule has 0 aliphatic carbocycles. The molecule has 0 saturated carbocycles. The first kappa shape index (κ1) is 19.7. The van der Waals surface area contributed by atoms with Crippen LogP contribution in [0.15, 0.2) is 15.6 Å². The van der Waals surface area contributed by atoms with E-state index in [0.717, 1.165) is 36.8 Å². The summed E-state index contributed by atoms with van der Waals surface area (Å²) in [6.07, 6.45) is 3.94. The highest BCUT2D eigenvalue weighted by molar-refractivity contribution is 14.0. The molecule has 0 saturated heterocycles. The van der Waals surface area contributed by atoms with Gasteiger partial charge in [-0.15, -0.1) is 34.2 Å². The highest BCUT2D eigenvalue weighted by Gasteiger charge is 2.19. The van der Waals surface area contributed by atoms with E-state index in [1.165, 1.54) is 0 Å². The van der Waals surface area contributed by atoms with Gasteiger partial charge in [0.1, 0.15) is 11.6 Å². The summed E-state index contributed by atoms with van der Waals surface area (Å²) in [7, 11) is 1.74. The number of aryl methyl sites for hydroxylation is 1. The standard InChI is InChI=1S/C16H25N7O.HI/c1-16(2,3)11-8-18-14(24-11)10-20-15(17-4)19-9-13-22-21-12-6-5-7-23(12)13;/h8H,5-7,9-10H2,1-4H3,(H2,17,19,20);1H. The van der Waals surface area contributed by atoms with E-state index in [9.17, 15) is 0 Å². The number of guanidine groups is 1. The Morgan fingerprint density at radius 2 is 2.04 bits per heavy atom. The number of oxazole rings is 1. The fourth-order valence-corrected chi connectivity index (χ4v) is 2.62. The van der Waals surface area contributed by atoms with Crippen LogP contribution in [0.3, 0.4) is 0 Å². The third-order valence-electron chi connectivity index (χ3n) is 4.02. The zero-order valence-corrected chi connectivity index (χ0v) is 17.5. The molecule has 0 radical (unpaired) electrons. The number of nitrogens with zero attached hydrogens (tertiary/aromatic N) is 5. The maximum atomic E-state index is 5.77. The number of halogens is 1. The number of aromatic nitrogens is 4. The van der Waals surface area contributed by atoms with Crippen LogP contribution in [0.2, 0.25) is 0 Å². The number of fused-ring (bicyclic) bond motifs is 1. The highest BCUT2D eigenvalue weighted by atomic mass is 127. The van der Waals surface area contributed by atoms with Crippen LogP contribution in [0.25, 0.3) is 0 Å². The highest BCUT2D eigenvalue weighted by Crippen LogP contribution is 2.22. The Bertz CT molecular complexity index is 729. The lowest BCUT2D eigenvalue weighted by Gasteiger charge is -2.13. The maximum absolute atomic E-state index is 5.77. The van der Waals surface area contributed by atoms with Crippen molar-refractivity contribution in [1.82, 2.24) is 30.4 Å². The molecule has 2 aromatic rings. The summed E-state index contributed by atoms with van der Waals surface area (Å²) >= 11 is 0. The smallest absolute Gasteiger partial charge is 0.213 e. The molecule has 3 heterocycles. The van der Waals surface area contributed by atoms with E-state index >= 15 is 0 Å². The molecule has 8 nitrogen and oxygen atoms in total. The van der Waals surface area contributed by atoms with Crippen molar-refractivity contribution < 1.29 is 4.42 Å². The van der Waals surface area contributed by atoms with Gasteiger partial charge in [-0.3, -0.25) is 4.99 Å². The molecule has 138 valence electrons. The third-order valence-corrected chi connectivity index (χ3v) is 4.02. The molecule has 2 aromatic heterocycles. The second-order valence-corrected chi connectivity index (χ2v) is 6.94. The fraction of sp³-hybridized carbons (Fsp3) is 0.625. The topological polar surface area (TPSA) is 93.2 Å². The second-order valence-electron chi connectivity index (χ2n) is 6.94. The van der Waals surface area contributed by atoms with Crippen LogP contribution in [-0.4, -0.2) is 32.8 Å². The van der Waals surface area contributed by atoms with Crippen molar-refractivity contribution in [3.05, 3.63) is 29.5 Å².